The molecule has 1 aromatic heterocycles. The Morgan fingerprint density at radius 3 is 2.38 bits per heavy atom. The third-order valence-electron chi connectivity index (χ3n) is 5.30. The van der Waals surface area contributed by atoms with Crippen LogP contribution in [-0.2, 0) is 13.7 Å². The van der Waals surface area contributed by atoms with E-state index in [2.05, 4.69) is 21.9 Å². The Morgan fingerprint density at radius 1 is 1.03 bits per heavy atom. The van der Waals surface area contributed by atoms with Crippen molar-refractivity contribution in [1.29, 1.82) is 0 Å². The molecular formula is C21H24ClN5OS. The second-order valence-corrected chi connectivity index (χ2v) is 7.86. The average Bonchev–Trinajstić information content (AvgIpc) is 3.03. The number of ether oxygens (including phenoxy) is 1. The lowest BCUT2D eigenvalue weighted by Gasteiger charge is -2.35. The van der Waals surface area contributed by atoms with Crippen molar-refractivity contribution in [3.05, 3.63) is 58.3 Å². The van der Waals surface area contributed by atoms with Gasteiger partial charge in [0.15, 0.2) is 10.6 Å². The summed E-state index contributed by atoms with van der Waals surface area (Å²) in [5, 5.41) is 5.43. The summed E-state index contributed by atoms with van der Waals surface area (Å²) in [5.41, 5.74) is 2.12. The molecule has 0 bridgehead atoms. The smallest absolute Gasteiger partial charge is 0.199 e. The van der Waals surface area contributed by atoms with Gasteiger partial charge in [-0.3, -0.25) is 4.90 Å². The van der Waals surface area contributed by atoms with Gasteiger partial charge in [0.05, 0.1) is 18.8 Å². The van der Waals surface area contributed by atoms with Crippen LogP contribution in [0.15, 0.2) is 48.5 Å². The molecule has 2 heterocycles. The molecule has 0 spiro atoms. The first-order valence-corrected chi connectivity index (χ1v) is 10.4. The van der Waals surface area contributed by atoms with E-state index in [4.69, 9.17) is 33.7 Å². The molecule has 6 nitrogen and oxygen atoms in total. The van der Waals surface area contributed by atoms with Crippen LogP contribution >= 0.6 is 23.8 Å². The van der Waals surface area contributed by atoms with Gasteiger partial charge < -0.3 is 14.2 Å². The van der Waals surface area contributed by atoms with Crippen molar-refractivity contribution in [2.45, 2.75) is 6.67 Å². The second-order valence-electron chi connectivity index (χ2n) is 7.09. The average molecular weight is 430 g/mol. The van der Waals surface area contributed by atoms with Gasteiger partial charge in [-0.2, -0.15) is 5.10 Å². The molecule has 1 fully saturated rings. The Bertz CT molecular complexity index is 1040. The van der Waals surface area contributed by atoms with E-state index < -0.39 is 0 Å². The van der Waals surface area contributed by atoms with E-state index in [9.17, 15) is 0 Å². The third-order valence-corrected chi connectivity index (χ3v) is 6.11. The molecule has 29 heavy (non-hydrogen) atoms. The molecule has 8 heteroatoms. The minimum Gasteiger partial charge on any atom is -0.497 e. The second kappa shape index (κ2) is 8.57. The highest BCUT2D eigenvalue weighted by atomic mass is 35.5. The van der Waals surface area contributed by atoms with Crippen LogP contribution in [0.2, 0.25) is 5.02 Å². The largest absolute Gasteiger partial charge is 0.497 e. The predicted molar refractivity (Wildman–Crippen MR) is 119 cm³/mol. The number of anilines is 1. The summed E-state index contributed by atoms with van der Waals surface area (Å²) < 4.78 is 9.74. The highest BCUT2D eigenvalue weighted by molar-refractivity contribution is 7.71. The number of hydrogen-bond donors (Lipinski definition) is 0. The van der Waals surface area contributed by atoms with E-state index in [1.54, 1.807) is 7.11 Å². The van der Waals surface area contributed by atoms with Crippen LogP contribution in [0.3, 0.4) is 0 Å². The topological polar surface area (TPSA) is 38.5 Å². The minimum absolute atomic E-state index is 0.674. The van der Waals surface area contributed by atoms with Gasteiger partial charge >= 0.3 is 0 Å². The molecule has 0 amide bonds. The maximum Gasteiger partial charge on any atom is 0.199 e. The monoisotopic (exact) mass is 429 g/mol. The van der Waals surface area contributed by atoms with E-state index in [0.29, 0.717) is 16.5 Å². The Balaban J connectivity index is 1.44. The van der Waals surface area contributed by atoms with Gasteiger partial charge in [0.25, 0.3) is 0 Å². The Labute approximate surface area is 180 Å². The highest BCUT2D eigenvalue weighted by Gasteiger charge is 2.19. The maximum atomic E-state index is 6.36. The van der Waals surface area contributed by atoms with E-state index in [1.807, 2.05) is 52.7 Å². The van der Waals surface area contributed by atoms with Crippen molar-refractivity contribution in [1.82, 2.24) is 19.2 Å². The van der Waals surface area contributed by atoms with Gasteiger partial charge in [-0.1, -0.05) is 23.7 Å². The van der Waals surface area contributed by atoms with Crippen molar-refractivity contribution in [3.63, 3.8) is 0 Å². The fraction of sp³-hybridized carbons (Fsp3) is 0.333. The van der Waals surface area contributed by atoms with Crippen LogP contribution in [0.25, 0.3) is 11.4 Å². The number of aromatic nitrogens is 3. The van der Waals surface area contributed by atoms with Crippen molar-refractivity contribution >= 4 is 29.5 Å². The third kappa shape index (κ3) is 4.17. The maximum absolute atomic E-state index is 6.36. The molecule has 4 rings (SSSR count). The van der Waals surface area contributed by atoms with Crippen molar-refractivity contribution < 1.29 is 4.74 Å². The van der Waals surface area contributed by atoms with Crippen LogP contribution in [0.4, 0.5) is 5.69 Å². The highest BCUT2D eigenvalue weighted by Crippen LogP contribution is 2.26. The lowest BCUT2D eigenvalue weighted by atomic mass is 10.2. The summed E-state index contributed by atoms with van der Waals surface area (Å²) in [6, 6.07) is 15.9. The van der Waals surface area contributed by atoms with Crippen LogP contribution in [0.5, 0.6) is 5.75 Å². The molecule has 0 aliphatic carbocycles. The summed E-state index contributed by atoms with van der Waals surface area (Å²) in [6.45, 7) is 4.50. The number of rotatable bonds is 5. The fourth-order valence-electron chi connectivity index (χ4n) is 3.59. The summed E-state index contributed by atoms with van der Waals surface area (Å²) in [4.78, 5) is 4.77. The molecule has 3 aromatic rings. The molecule has 0 N–H and O–H groups in total. The first-order chi connectivity index (χ1) is 14.1. The minimum atomic E-state index is 0.674. The van der Waals surface area contributed by atoms with E-state index in [0.717, 1.165) is 43.3 Å². The summed E-state index contributed by atoms with van der Waals surface area (Å²) in [5.74, 6) is 1.67. The molecule has 1 aliphatic heterocycles. The summed E-state index contributed by atoms with van der Waals surface area (Å²) in [6.07, 6.45) is 0. The number of halogens is 1. The first kappa shape index (κ1) is 19.9. The zero-order valence-corrected chi connectivity index (χ0v) is 18.2. The number of hydrogen-bond acceptors (Lipinski definition) is 5. The first-order valence-electron chi connectivity index (χ1n) is 9.57. The Kier molecular flexibility index (Phi) is 5.89. The molecule has 0 radical (unpaired) electrons. The summed E-state index contributed by atoms with van der Waals surface area (Å²) >= 11 is 12.0. The van der Waals surface area contributed by atoms with Crippen LogP contribution in [0.1, 0.15) is 0 Å². The number of methoxy groups -OCH3 is 1. The van der Waals surface area contributed by atoms with Gasteiger partial charge in [0.1, 0.15) is 5.75 Å². The van der Waals surface area contributed by atoms with Gasteiger partial charge in [0, 0.05) is 44.5 Å². The van der Waals surface area contributed by atoms with Crippen LogP contribution < -0.4 is 9.64 Å². The number of benzene rings is 2. The van der Waals surface area contributed by atoms with Gasteiger partial charge in [0.2, 0.25) is 0 Å². The molecular weight excluding hydrogens is 406 g/mol. The van der Waals surface area contributed by atoms with E-state index in [1.165, 1.54) is 5.69 Å². The quantitative estimate of drug-likeness (QED) is 0.572. The normalized spacial score (nSPS) is 14.9. The molecule has 152 valence electrons. The number of piperazine rings is 1. The molecule has 0 saturated carbocycles. The standard InChI is InChI=1S/C21H24ClN5OS/c1-24-20(18-5-3-4-6-19(18)22)23-27(21(24)29)15-25-11-13-26(14-12-25)16-7-9-17(28-2)10-8-16/h3-10H,11-15H2,1-2H3. The Hall–Kier alpha value is -2.35. The lowest BCUT2D eigenvalue weighted by Crippen LogP contribution is -2.47. The van der Waals surface area contributed by atoms with Crippen molar-refractivity contribution in [3.8, 4) is 17.1 Å². The summed E-state index contributed by atoms with van der Waals surface area (Å²) in [7, 11) is 3.62. The molecule has 1 saturated heterocycles. The SMILES string of the molecule is COc1ccc(N2CCN(Cn3nc(-c4ccccc4Cl)n(C)c3=S)CC2)cc1. The van der Waals surface area contributed by atoms with Gasteiger partial charge in [-0.15, -0.1) is 0 Å². The predicted octanol–water partition coefficient (Wildman–Crippen LogP) is 4.06. The number of nitrogens with zero attached hydrogens (tertiary/aromatic N) is 5. The molecule has 0 unspecified atom stereocenters. The zero-order chi connectivity index (χ0) is 20.4. The van der Waals surface area contributed by atoms with Crippen molar-refractivity contribution in [2.24, 2.45) is 7.05 Å². The zero-order valence-electron chi connectivity index (χ0n) is 16.6. The molecule has 2 aromatic carbocycles. The molecule has 1 aliphatic rings. The Morgan fingerprint density at radius 2 is 1.72 bits per heavy atom. The van der Waals surface area contributed by atoms with Crippen LogP contribution in [-0.4, -0.2) is 52.5 Å². The lowest BCUT2D eigenvalue weighted by molar-refractivity contribution is 0.194. The molecule has 0 atom stereocenters. The van der Waals surface area contributed by atoms with E-state index in [-0.39, 0.29) is 0 Å². The van der Waals surface area contributed by atoms with Gasteiger partial charge in [-0.25, -0.2) is 4.68 Å². The van der Waals surface area contributed by atoms with Gasteiger partial charge in [-0.05, 0) is 48.6 Å². The van der Waals surface area contributed by atoms with E-state index >= 15 is 0 Å². The van der Waals surface area contributed by atoms with Crippen molar-refractivity contribution in [2.75, 3.05) is 38.2 Å². The fourth-order valence-corrected chi connectivity index (χ4v) is 3.99. The van der Waals surface area contributed by atoms with Crippen LogP contribution in [0, 0.1) is 4.77 Å².